The van der Waals surface area contributed by atoms with Crippen molar-refractivity contribution in [1.82, 2.24) is 10.3 Å². The summed E-state index contributed by atoms with van der Waals surface area (Å²) in [5.74, 6) is -6.60. The topological polar surface area (TPSA) is 147 Å². The van der Waals surface area contributed by atoms with Crippen molar-refractivity contribution >= 4 is 44.9 Å². The first kappa shape index (κ1) is 30.8. The minimum absolute atomic E-state index is 0.000543. The van der Waals surface area contributed by atoms with Gasteiger partial charge >= 0.3 is 0 Å². The van der Waals surface area contributed by atoms with Crippen LogP contribution in [-0.2, 0) is 19.6 Å². The van der Waals surface area contributed by atoms with Gasteiger partial charge in [0, 0.05) is 41.4 Å². The number of hydrogen-bond donors (Lipinski definition) is 1. The maximum Gasteiger partial charge on any atom is 0.252 e. The van der Waals surface area contributed by atoms with Crippen molar-refractivity contribution in [3.63, 3.8) is 0 Å². The first-order chi connectivity index (χ1) is 20.8. The number of carbonyl (C=O) groups excluding carboxylic acids is 2. The summed E-state index contributed by atoms with van der Waals surface area (Å²) in [7, 11) is -4.16. The fourth-order valence-corrected chi connectivity index (χ4v) is 7.21. The van der Waals surface area contributed by atoms with Gasteiger partial charge in [-0.2, -0.15) is 10.5 Å². The van der Waals surface area contributed by atoms with Crippen LogP contribution in [0.1, 0.15) is 42.0 Å². The van der Waals surface area contributed by atoms with Crippen LogP contribution < -0.4 is 14.5 Å². The molecule has 2 heterocycles. The number of nitrogens with one attached hydrogen (secondary N) is 1. The summed E-state index contributed by atoms with van der Waals surface area (Å²) in [6.07, 6.45) is -0.366. The molecule has 1 saturated heterocycles. The molecule has 1 aliphatic heterocycles. The maximum atomic E-state index is 14.8. The van der Waals surface area contributed by atoms with Gasteiger partial charge in [-0.25, -0.2) is 30.9 Å². The second-order valence-corrected chi connectivity index (χ2v) is 12.7. The third-order valence-electron chi connectivity index (χ3n) is 7.29. The molecule has 2 aliphatic rings. The number of nitrogens with zero attached hydrogens (tertiary/aromatic N) is 5. The van der Waals surface area contributed by atoms with E-state index in [0.717, 1.165) is 27.4 Å². The predicted octanol–water partition coefficient (Wildman–Crippen LogP) is 4.21. The normalized spacial score (nSPS) is 19.2. The number of sulfonamides is 1. The van der Waals surface area contributed by atoms with Crippen LogP contribution in [0.2, 0.25) is 5.02 Å². The van der Waals surface area contributed by atoms with Crippen molar-refractivity contribution in [3.05, 3.63) is 88.3 Å². The lowest BCUT2D eigenvalue weighted by atomic mass is 9.87. The molecular weight excluding hydrogens is 621 g/mol. The van der Waals surface area contributed by atoms with Crippen LogP contribution in [0.25, 0.3) is 0 Å². The van der Waals surface area contributed by atoms with Gasteiger partial charge in [-0.05, 0) is 42.8 Å². The molecule has 2 atom stereocenters. The first-order valence-corrected chi connectivity index (χ1v) is 15.2. The number of anilines is 2. The fraction of sp³-hybridized carbons (Fsp3) is 0.276. The van der Waals surface area contributed by atoms with Crippen LogP contribution in [0, 0.1) is 28.5 Å². The van der Waals surface area contributed by atoms with Crippen LogP contribution in [-0.4, -0.2) is 49.0 Å². The largest absolute Gasteiger partial charge is 0.351 e. The zero-order valence-corrected chi connectivity index (χ0v) is 24.2. The Bertz CT molecular complexity index is 1840. The van der Waals surface area contributed by atoms with Crippen LogP contribution in [0.4, 0.5) is 24.7 Å². The minimum atomic E-state index is -4.16. The Morgan fingerprint density at radius 2 is 1.80 bits per heavy atom. The third kappa shape index (κ3) is 6.04. The fourth-order valence-electron chi connectivity index (χ4n) is 5.28. The molecule has 1 saturated carbocycles. The molecule has 0 radical (unpaired) electrons. The van der Waals surface area contributed by atoms with E-state index in [1.807, 2.05) is 6.07 Å². The lowest BCUT2D eigenvalue weighted by Crippen LogP contribution is -2.56. The SMILES string of the molecule is N#Cc1cc(F)cc(N(C(=O)[C@@H]2CCS(=O)(=O)N2c2cc(C#N)ccn2)[C@H](C(=O)NC2CC(F)(F)C2)c2ccccc2Cl)c1. The minimum Gasteiger partial charge on any atom is -0.351 e. The predicted molar refractivity (Wildman–Crippen MR) is 153 cm³/mol. The Kier molecular flexibility index (Phi) is 8.25. The summed E-state index contributed by atoms with van der Waals surface area (Å²) in [5, 5.41) is 21.4. The zero-order chi connectivity index (χ0) is 31.8. The van der Waals surface area contributed by atoms with Gasteiger partial charge in [0.25, 0.3) is 11.8 Å². The van der Waals surface area contributed by atoms with Gasteiger partial charge in [0.2, 0.25) is 15.9 Å². The summed E-state index contributed by atoms with van der Waals surface area (Å²) < 4.78 is 69.3. The van der Waals surface area contributed by atoms with Gasteiger partial charge in [-0.15, -0.1) is 0 Å². The number of pyridine rings is 1. The monoisotopic (exact) mass is 642 g/mol. The van der Waals surface area contributed by atoms with E-state index in [4.69, 9.17) is 11.6 Å². The molecule has 1 N–H and O–H groups in total. The molecular formula is C29H22ClF3N6O4S. The number of aromatic nitrogens is 1. The number of amides is 2. The summed E-state index contributed by atoms with van der Waals surface area (Å²) in [4.78, 5) is 33.3. The van der Waals surface area contributed by atoms with E-state index in [1.54, 1.807) is 12.1 Å². The Hall–Kier alpha value is -4.66. The highest BCUT2D eigenvalue weighted by Gasteiger charge is 2.49. The Balaban J connectivity index is 1.68. The Labute approximate surface area is 255 Å². The molecule has 1 aromatic heterocycles. The van der Waals surface area contributed by atoms with Crippen molar-refractivity contribution in [2.45, 2.75) is 43.3 Å². The van der Waals surface area contributed by atoms with Gasteiger partial charge in [0.15, 0.2) is 0 Å². The molecule has 15 heteroatoms. The smallest absolute Gasteiger partial charge is 0.252 e. The second-order valence-electron chi connectivity index (χ2n) is 10.3. The average Bonchev–Trinajstić information content (AvgIpc) is 3.29. The van der Waals surface area contributed by atoms with E-state index < -0.39 is 70.3 Å². The van der Waals surface area contributed by atoms with Gasteiger partial charge < -0.3 is 5.32 Å². The van der Waals surface area contributed by atoms with Gasteiger partial charge in [0.1, 0.15) is 23.7 Å². The molecule has 2 amide bonds. The van der Waals surface area contributed by atoms with E-state index in [9.17, 15) is 41.7 Å². The van der Waals surface area contributed by atoms with Crippen LogP contribution >= 0.6 is 11.6 Å². The van der Waals surface area contributed by atoms with Gasteiger partial charge in [0.05, 0.1) is 29.0 Å². The summed E-state index contributed by atoms with van der Waals surface area (Å²) in [5.41, 5.74) is -0.400. The number of carbonyl (C=O) groups is 2. The number of alkyl halides is 2. The molecule has 44 heavy (non-hydrogen) atoms. The number of rotatable bonds is 7. The molecule has 0 bridgehead atoms. The summed E-state index contributed by atoms with van der Waals surface area (Å²) in [6, 6.07) is 10.8. The van der Waals surface area contributed by atoms with E-state index in [2.05, 4.69) is 10.3 Å². The van der Waals surface area contributed by atoms with Crippen LogP contribution in [0.5, 0.6) is 0 Å². The molecule has 5 rings (SSSR count). The first-order valence-electron chi connectivity index (χ1n) is 13.2. The van der Waals surface area contributed by atoms with Crippen molar-refractivity contribution in [3.8, 4) is 12.1 Å². The quantitative estimate of drug-likeness (QED) is 0.406. The highest BCUT2D eigenvalue weighted by Crippen LogP contribution is 2.40. The molecule has 2 fully saturated rings. The van der Waals surface area contributed by atoms with Crippen molar-refractivity contribution in [2.24, 2.45) is 0 Å². The highest BCUT2D eigenvalue weighted by molar-refractivity contribution is 7.93. The molecule has 1 aliphatic carbocycles. The Morgan fingerprint density at radius 1 is 1.09 bits per heavy atom. The van der Waals surface area contributed by atoms with Crippen LogP contribution in [0.15, 0.2) is 60.8 Å². The number of benzene rings is 2. The molecule has 10 nitrogen and oxygen atoms in total. The standard InChI is InChI=1S/C29H22ClF3N6O4S/c30-23-4-2-1-3-22(23)26(27(40)37-20-13-29(32,33)14-20)38(21-10-18(16-35)9-19(31)12-21)28(41)24-6-8-44(42,43)39(24)25-11-17(15-34)5-7-36-25/h1-5,7,9-12,20,24,26H,6,8,13-14H2,(H,37,40)/t24-,26-/m0/s1. The second kappa shape index (κ2) is 11.8. The van der Waals surface area contributed by atoms with E-state index in [1.165, 1.54) is 36.5 Å². The van der Waals surface area contributed by atoms with E-state index in [0.29, 0.717) is 0 Å². The average molecular weight is 643 g/mol. The number of nitriles is 2. The van der Waals surface area contributed by atoms with Crippen molar-refractivity contribution in [2.75, 3.05) is 15.0 Å². The van der Waals surface area contributed by atoms with Crippen LogP contribution in [0.3, 0.4) is 0 Å². The molecule has 2 aromatic carbocycles. The van der Waals surface area contributed by atoms with Crippen molar-refractivity contribution < 1.29 is 31.2 Å². The third-order valence-corrected chi connectivity index (χ3v) is 9.42. The van der Waals surface area contributed by atoms with E-state index in [-0.39, 0.29) is 39.6 Å². The molecule has 3 aromatic rings. The number of hydrogen-bond acceptors (Lipinski definition) is 7. The zero-order valence-electron chi connectivity index (χ0n) is 22.6. The lowest BCUT2D eigenvalue weighted by molar-refractivity contribution is -0.133. The molecule has 226 valence electrons. The summed E-state index contributed by atoms with van der Waals surface area (Å²) in [6.45, 7) is 0. The van der Waals surface area contributed by atoms with Gasteiger partial charge in [-0.1, -0.05) is 29.8 Å². The van der Waals surface area contributed by atoms with E-state index >= 15 is 0 Å². The molecule has 0 spiro atoms. The summed E-state index contributed by atoms with van der Waals surface area (Å²) >= 11 is 6.47. The highest BCUT2D eigenvalue weighted by atomic mass is 35.5. The lowest BCUT2D eigenvalue weighted by Gasteiger charge is -2.39. The van der Waals surface area contributed by atoms with Gasteiger partial charge in [-0.3, -0.25) is 14.5 Å². The maximum absolute atomic E-state index is 14.8. The number of halogens is 4. The van der Waals surface area contributed by atoms with Crippen molar-refractivity contribution in [1.29, 1.82) is 10.5 Å². The Morgan fingerprint density at radius 3 is 2.45 bits per heavy atom. The molecule has 0 unspecified atom stereocenters.